The molecule has 27 heavy (non-hydrogen) atoms. The van der Waals surface area contributed by atoms with E-state index in [0.717, 1.165) is 4.47 Å². The van der Waals surface area contributed by atoms with Crippen molar-refractivity contribution >= 4 is 61.6 Å². The maximum Gasteiger partial charge on any atom is 0.341 e. The van der Waals surface area contributed by atoms with Crippen LogP contribution < -0.4 is 14.9 Å². The molecule has 0 aliphatic carbocycles. The summed E-state index contributed by atoms with van der Waals surface area (Å²) in [4.78, 5) is 22.3. The monoisotopic (exact) mass is 518 g/mol. The van der Waals surface area contributed by atoms with Gasteiger partial charge in [-0.1, -0.05) is 33.6 Å². The van der Waals surface area contributed by atoms with Crippen molar-refractivity contribution in [3.8, 4) is 11.5 Å². The Morgan fingerprint density at radius 2 is 1.96 bits per heavy atom. The van der Waals surface area contributed by atoms with Crippen molar-refractivity contribution in [1.29, 1.82) is 0 Å². The molecule has 0 aromatic heterocycles. The lowest BCUT2D eigenvalue weighted by atomic mass is 10.2. The minimum absolute atomic E-state index is 0.194. The standard InChI is InChI=1S/C17H13Br2ClN2O5/c18-11-2-1-3-12(6-11)26-8-15(23)22-21-7-10-4-13(19)17(14(20)5-10)27-9-16(24)25/h1-7H,8-9H2,(H,22,23)(H,24,25)/b21-7+. The lowest BCUT2D eigenvalue weighted by Gasteiger charge is -2.09. The van der Waals surface area contributed by atoms with Crippen molar-refractivity contribution in [2.24, 2.45) is 5.10 Å². The number of halogens is 3. The van der Waals surface area contributed by atoms with E-state index in [2.05, 4.69) is 42.4 Å². The fraction of sp³-hybridized carbons (Fsp3) is 0.118. The number of carboxylic acid groups (broad SMARTS) is 1. The molecule has 2 rings (SSSR count). The number of carbonyl (C=O) groups excluding carboxylic acids is 1. The van der Waals surface area contributed by atoms with Crippen LogP contribution in [0.5, 0.6) is 11.5 Å². The molecule has 0 heterocycles. The van der Waals surface area contributed by atoms with Gasteiger partial charge in [-0.2, -0.15) is 5.10 Å². The molecule has 0 spiro atoms. The first-order valence-corrected chi connectivity index (χ1v) is 9.35. The summed E-state index contributed by atoms with van der Waals surface area (Å²) in [5, 5.41) is 12.7. The third-order valence-electron chi connectivity index (χ3n) is 2.93. The molecule has 0 radical (unpaired) electrons. The van der Waals surface area contributed by atoms with Crippen LogP contribution in [-0.2, 0) is 9.59 Å². The number of nitrogens with zero attached hydrogens (tertiary/aromatic N) is 1. The van der Waals surface area contributed by atoms with Crippen molar-refractivity contribution in [1.82, 2.24) is 5.43 Å². The van der Waals surface area contributed by atoms with Gasteiger partial charge in [0.05, 0.1) is 15.7 Å². The summed E-state index contributed by atoms with van der Waals surface area (Å²) in [7, 11) is 0. The average Bonchev–Trinajstić information content (AvgIpc) is 2.59. The van der Waals surface area contributed by atoms with Crippen molar-refractivity contribution < 1.29 is 24.2 Å². The van der Waals surface area contributed by atoms with Gasteiger partial charge in [0.15, 0.2) is 19.0 Å². The predicted molar refractivity (Wildman–Crippen MR) is 108 cm³/mol. The van der Waals surface area contributed by atoms with Crippen LogP contribution in [0, 0.1) is 0 Å². The Kier molecular flexibility index (Phi) is 8.08. The second-order valence-corrected chi connectivity index (χ2v) is 7.21. The normalized spacial score (nSPS) is 10.6. The van der Waals surface area contributed by atoms with Gasteiger partial charge in [-0.15, -0.1) is 0 Å². The zero-order valence-electron chi connectivity index (χ0n) is 13.6. The van der Waals surface area contributed by atoms with Crippen LogP contribution >= 0.6 is 43.5 Å². The highest BCUT2D eigenvalue weighted by Crippen LogP contribution is 2.34. The SMILES string of the molecule is O=C(O)COc1c(Cl)cc(/C=N/NC(=O)COc2cccc(Br)c2)cc1Br. The Morgan fingerprint density at radius 3 is 2.63 bits per heavy atom. The number of ether oxygens (including phenoxy) is 2. The summed E-state index contributed by atoms with van der Waals surface area (Å²) in [6, 6.07) is 10.3. The van der Waals surface area contributed by atoms with Gasteiger partial charge < -0.3 is 14.6 Å². The minimum Gasteiger partial charge on any atom is -0.484 e. The number of hydrazone groups is 1. The van der Waals surface area contributed by atoms with Gasteiger partial charge in [0.25, 0.3) is 5.91 Å². The summed E-state index contributed by atoms with van der Waals surface area (Å²) in [5.41, 5.74) is 2.91. The number of rotatable bonds is 8. The average molecular weight is 521 g/mol. The van der Waals surface area contributed by atoms with E-state index >= 15 is 0 Å². The molecular formula is C17H13Br2ClN2O5. The second-order valence-electron chi connectivity index (χ2n) is 5.04. The van der Waals surface area contributed by atoms with Crippen LogP contribution in [0.3, 0.4) is 0 Å². The van der Waals surface area contributed by atoms with Gasteiger partial charge in [-0.25, -0.2) is 10.2 Å². The Morgan fingerprint density at radius 1 is 1.19 bits per heavy atom. The van der Waals surface area contributed by atoms with E-state index in [1.54, 1.807) is 24.3 Å². The molecule has 0 atom stereocenters. The Labute approximate surface area is 176 Å². The molecular weight excluding hydrogens is 507 g/mol. The third kappa shape index (κ3) is 7.20. The lowest BCUT2D eigenvalue weighted by Crippen LogP contribution is -2.24. The topological polar surface area (TPSA) is 97.2 Å². The molecule has 0 aliphatic heterocycles. The Hall–Kier alpha value is -2.10. The molecule has 0 aliphatic rings. The largest absolute Gasteiger partial charge is 0.484 e. The van der Waals surface area contributed by atoms with Crippen LogP contribution in [0.1, 0.15) is 5.56 Å². The van der Waals surface area contributed by atoms with Crippen LogP contribution in [-0.4, -0.2) is 36.4 Å². The molecule has 7 nitrogen and oxygen atoms in total. The number of hydrogen-bond acceptors (Lipinski definition) is 5. The molecule has 0 bridgehead atoms. The molecule has 0 fully saturated rings. The first-order chi connectivity index (χ1) is 12.8. The fourth-order valence-corrected chi connectivity index (χ4v) is 3.21. The maximum absolute atomic E-state index is 11.8. The number of carboxylic acids is 1. The molecule has 0 saturated carbocycles. The van der Waals surface area contributed by atoms with Crippen molar-refractivity contribution in [2.45, 2.75) is 0 Å². The van der Waals surface area contributed by atoms with E-state index in [9.17, 15) is 9.59 Å². The zero-order chi connectivity index (χ0) is 19.8. The van der Waals surface area contributed by atoms with Gasteiger partial charge in [0.2, 0.25) is 0 Å². The van der Waals surface area contributed by atoms with Gasteiger partial charge >= 0.3 is 5.97 Å². The van der Waals surface area contributed by atoms with Crippen molar-refractivity contribution in [3.63, 3.8) is 0 Å². The zero-order valence-corrected chi connectivity index (χ0v) is 17.5. The van der Waals surface area contributed by atoms with E-state index in [1.807, 2.05) is 6.07 Å². The van der Waals surface area contributed by atoms with E-state index in [0.29, 0.717) is 15.8 Å². The quantitative estimate of drug-likeness (QED) is 0.407. The Bertz CT molecular complexity index is 853. The molecule has 0 saturated heterocycles. The summed E-state index contributed by atoms with van der Waals surface area (Å²) >= 11 is 12.6. The first kappa shape index (κ1) is 21.2. The highest BCUT2D eigenvalue weighted by molar-refractivity contribution is 9.10. The number of nitrogens with one attached hydrogen (secondary N) is 1. The molecule has 0 unspecified atom stereocenters. The van der Waals surface area contributed by atoms with E-state index in [4.69, 9.17) is 26.2 Å². The van der Waals surface area contributed by atoms with Crippen molar-refractivity contribution in [3.05, 3.63) is 55.9 Å². The van der Waals surface area contributed by atoms with Gasteiger partial charge in [0.1, 0.15) is 5.75 Å². The summed E-state index contributed by atoms with van der Waals surface area (Å²) in [6.07, 6.45) is 1.38. The molecule has 142 valence electrons. The van der Waals surface area contributed by atoms with Crippen LogP contribution in [0.15, 0.2) is 50.4 Å². The van der Waals surface area contributed by atoms with Crippen LogP contribution in [0.25, 0.3) is 0 Å². The number of amides is 1. The van der Waals surface area contributed by atoms with Gasteiger partial charge in [-0.3, -0.25) is 4.79 Å². The molecule has 2 N–H and O–H groups in total. The van der Waals surface area contributed by atoms with Gasteiger partial charge in [-0.05, 0) is 51.8 Å². The molecule has 2 aromatic rings. The molecule has 2 aromatic carbocycles. The van der Waals surface area contributed by atoms with E-state index in [-0.39, 0.29) is 17.4 Å². The maximum atomic E-state index is 11.8. The first-order valence-electron chi connectivity index (χ1n) is 7.39. The highest BCUT2D eigenvalue weighted by atomic mass is 79.9. The third-order valence-corrected chi connectivity index (χ3v) is 4.29. The highest BCUT2D eigenvalue weighted by Gasteiger charge is 2.10. The fourth-order valence-electron chi connectivity index (χ4n) is 1.84. The van der Waals surface area contributed by atoms with Crippen molar-refractivity contribution in [2.75, 3.05) is 13.2 Å². The smallest absolute Gasteiger partial charge is 0.341 e. The number of hydrogen-bond donors (Lipinski definition) is 2. The Balaban J connectivity index is 1.89. The second kappa shape index (κ2) is 10.3. The lowest BCUT2D eigenvalue weighted by molar-refractivity contribution is -0.139. The van der Waals surface area contributed by atoms with Gasteiger partial charge in [0, 0.05) is 4.47 Å². The van der Waals surface area contributed by atoms with E-state index < -0.39 is 18.5 Å². The summed E-state index contributed by atoms with van der Waals surface area (Å²) in [6.45, 7) is -0.708. The number of carbonyl (C=O) groups is 2. The molecule has 10 heteroatoms. The number of aliphatic carboxylic acids is 1. The minimum atomic E-state index is -1.11. The van der Waals surface area contributed by atoms with E-state index in [1.165, 1.54) is 12.3 Å². The van der Waals surface area contributed by atoms with Crippen LogP contribution in [0.4, 0.5) is 0 Å². The summed E-state index contributed by atoms with van der Waals surface area (Å²) < 4.78 is 11.7. The summed E-state index contributed by atoms with van der Waals surface area (Å²) in [5.74, 6) is -0.784. The predicted octanol–water partition coefficient (Wildman–Crippen LogP) is 3.86. The molecule has 1 amide bonds. The number of benzene rings is 2. The van der Waals surface area contributed by atoms with Crippen LogP contribution in [0.2, 0.25) is 5.02 Å².